The van der Waals surface area contributed by atoms with Crippen LogP contribution in [0.1, 0.15) is 48.0 Å². The Balaban J connectivity index is 4.08. The van der Waals surface area contributed by atoms with Gasteiger partial charge in [-0.3, -0.25) is 0 Å². The first kappa shape index (κ1) is 16.6. The van der Waals surface area contributed by atoms with Crippen molar-refractivity contribution < 1.29 is 8.42 Å². The van der Waals surface area contributed by atoms with Gasteiger partial charge in [0.25, 0.3) is 0 Å². The predicted octanol–water partition coefficient (Wildman–Crippen LogP) is 2.94. The van der Waals surface area contributed by atoms with Crippen molar-refractivity contribution in [3.8, 4) is 0 Å². The van der Waals surface area contributed by atoms with E-state index < -0.39 is 10.0 Å². The fourth-order valence-corrected chi connectivity index (χ4v) is 2.30. The minimum absolute atomic E-state index is 0.0195. The van der Waals surface area contributed by atoms with E-state index in [-0.39, 0.29) is 16.6 Å². The van der Waals surface area contributed by atoms with Crippen molar-refractivity contribution in [1.29, 1.82) is 0 Å². The Morgan fingerprint density at radius 3 is 2.00 bits per heavy atom. The summed E-state index contributed by atoms with van der Waals surface area (Å²) in [4.78, 5) is 0. The van der Waals surface area contributed by atoms with Gasteiger partial charge in [0.2, 0.25) is 10.0 Å². The van der Waals surface area contributed by atoms with Gasteiger partial charge in [-0.05, 0) is 17.3 Å². The number of hydrogen-bond acceptors (Lipinski definition) is 2. The van der Waals surface area contributed by atoms with Crippen LogP contribution in [0.2, 0.25) is 0 Å². The fraction of sp³-hybridized carbons (Fsp3) is 0.846. The zero-order valence-corrected chi connectivity index (χ0v) is 12.8. The Labute approximate surface area is 107 Å². The van der Waals surface area contributed by atoms with E-state index in [9.17, 15) is 8.42 Å². The summed E-state index contributed by atoms with van der Waals surface area (Å²) in [5.74, 6) is 0.162. The van der Waals surface area contributed by atoms with E-state index in [1.807, 2.05) is 32.9 Å². The monoisotopic (exact) mass is 261 g/mol. The van der Waals surface area contributed by atoms with E-state index >= 15 is 0 Å². The van der Waals surface area contributed by atoms with Gasteiger partial charge in [0, 0.05) is 6.54 Å². The summed E-state index contributed by atoms with van der Waals surface area (Å²) >= 11 is 0. The molecule has 0 saturated carbocycles. The summed E-state index contributed by atoms with van der Waals surface area (Å²) in [5.41, 5.74) is 0.0942. The predicted molar refractivity (Wildman–Crippen MR) is 74.5 cm³/mol. The molecular formula is C13H27NO2S. The fourth-order valence-electron chi connectivity index (χ4n) is 1.06. The molecule has 0 rings (SSSR count). The SMILES string of the molecule is CC(C)(C)/C=C/CCS(=O)(=O)NCC(C)(C)C. The van der Waals surface area contributed by atoms with Gasteiger partial charge in [0.15, 0.2) is 0 Å². The van der Waals surface area contributed by atoms with Crippen LogP contribution in [0.4, 0.5) is 0 Å². The van der Waals surface area contributed by atoms with Gasteiger partial charge in [0.1, 0.15) is 0 Å². The maximum Gasteiger partial charge on any atom is 0.211 e. The Kier molecular flexibility index (Phi) is 5.88. The largest absolute Gasteiger partial charge is 0.215 e. The molecule has 0 atom stereocenters. The Hall–Kier alpha value is -0.350. The molecule has 0 aromatic heterocycles. The quantitative estimate of drug-likeness (QED) is 0.773. The third-order valence-corrected chi connectivity index (χ3v) is 3.35. The second-order valence-corrected chi connectivity index (χ2v) is 8.68. The molecule has 0 aromatic carbocycles. The molecule has 0 heterocycles. The van der Waals surface area contributed by atoms with Crippen molar-refractivity contribution in [3.63, 3.8) is 0 Å². The number of hydrogen-bond donors (Lipinski definition) is 1. The first-order valence-electron chi connectivity index (χ1n) is 6.06. The Morgan fingerprint density at radius 1 is 1.06 bits per heavy atom. The van der Waals surface area contributed by atoms with Gasteiger partial charge in [-0.2, -0.15) is 0 Å². The molecule has 4 heteroatoms. The van der Waals surface area contributed by atoms with Gasteiger partial charge in [-0.15, -0.1) is 0 Å². The lowest BCUT2D eigenvalue weighted by Gasteiger charge is -2.18. The zero-order valence-electron chi connectivity index (χ0n) is 12.0. The zero-order chi connectivity index (χ0) is 13.7. The number of allylic oxidation sites excluding steroid dienone is 2. The molecule has 0 aromatic rings. The molecule has 17 heavy (non-hydrogen) atoms. The normalized spacial score (nSPS) is 14.5. The van der Waals surface area contributed by atoms with Crippen LogP contribution in [-0.4, -0.2) is 20.7 Å². The lowest BCUT2D eigenvalue weighted by Crippen LogP contribution is -2.33. The summed E-state index contributed by atoms with van der Waals surface area (Å²) in [6.45, 7) is 12.8. The molecule has 0 fully saturated rings. The van der Waals surface area contributed by atoms with Crippen molar-refractivity contribution in [2.45, 2.75) is 48.0 Å². The molecule has 0 saturated heterocycles. The molecule has 3 nitrogen and oxygen atoms in total. The molecule has 0 bridgehead atoms. The summed E-state index contributed by atoms with van der Waals surface area (Å²) in [6.07, 6.45) is 4.55. The first-order valence-corrected chi connectivity index (χ1v) is 7.72. The summed E-state index contributed by atoms with van der Waals surface area (Å²) in [6, 6.07) is 0. The number of rotatable bonds is 5. The molecule has 0 radical (unpaired) electrons. The van der Waals surface area contributed by atoms with Crippen LogP contribution in [0.3, 0.4) is 0 Å². The van der Waals surface area contributed by atoms with Crippen molar-refractivity contribution in [2.24, 2.45) is 10.8 Å². The molecular weight excluding hydrogens is 234 g/mol. The molecule has 0 unspecified atom stereocenters. The molecule has 102 valence electrons. The van der Waals surface area contributed by atoms with Crippen LogP contribution in [0.5, 0.6) is 0 Å². The maximum atomic E-state index is 11.7. The van der Waals surface area contributed by atoms with Crippen molar-refractivity contribution in [2.75, 3.05) is 12.3 Å². The highest BCUT2D eigenvalue weighted by molar-refractivity contribution is 7.89. The summed E-state index contributed by atoms with van der Waals surface area (Å²) in [5, 5.41) is 0. The van der Waals surface area contributed by atoms with E-state index in [1.165, 1.54) is 0 Å². The van der Waals surface area contributed by atoms with Crippen molar-refractivity contribution >= 4 is 10.0 Å². The Bertz CT molecular complexity index is 343. The van der Waals surface area contributed by atoms with E-state index in [0.717, 1.165) is 0 Å². The van der Waals surface area contributed by atoms with Gasteiger partial charge in [-0.25, -0.2) is 13.1 Å². The second kappa shape index (κ2) is 6.01. The molecule has 1 N–H and O–H groups in total. The van der Waals surface area contributed by atoms with Crippen LogP contribution < -0.4 is 4.72 Å². The maximum absolute atomic E-state index is 11.7. The third kappa shape index (κ3) is 11.9. The highest BCUT2D eigenvalue weighted by Gasteiger charge is 2.15. The second-order valence-electron chi connectivity index (χ2n) is 6.76. The third-order valence-electron chi connectivity index (χ3n) is 1.99. The van der Waals surface area contributed by atoms with E-state index in [4.69, 9.17) is 0 Å². The van der Waals surface area contributed by atoms with E-state index in [1.54, 1.807) is 0 Å². The minimum Gasteiger partial charge on any atom is -0.215 e. The molecule has 0 aliphatic rings. The molecule has 0 amide bonds. The van der Waals surface area contributed by atoms with Crippen LogP contribution in [0.25, 0.3) is 0 Å². The summed E-state index contributed by atoms with van der Waals surface area (Å²) in [7, 11) is -3.13. The van der Waals surface area contributed by atoms with Crippen LogP contribution in [-0.2, 0) is 10.0 Å². The van der Waals surface area contributed by atoms with Crippen molar-refractivity contribution in [3.05, 3.63) is 12.2 Å². The summed E-state index contributed by atoms with van der Waals surface area (Å²) < 4.78 is 25.9. The van der Waals surface area contributed by atoms with Gasteiger partial charge in [0.05, 0.1) is 5.75 Å². The van der Waals surface area contributed by atoms with Gasteiger partial charge < -0.3 is 0 Å². The topological polar surface area (TPSA) is 46.2 Å². The molecule has 0 aliphatic carbocycles. The highest BCUT2D eigenvalue weighted by atomic mass is 32.2. The number of sulfonamides is 1. The standard InChI is InChI=1S/C13H27NO2S/c1-12(2,3)9-7-8-10-17(15,16)14-11-13(4,5)6/h7,9,14H,8,10-11H2,1-6H3/b9-7+. The lowest BCUT2D eigenvalue weighted by molar-refractivity contribution is 0.407. The van der Waals surface area contributed by atoms with Crippen molar-refractivity contribution in [1.82, 2.24) is 4.72 Å². The van der Waals surface area contributed by atoms with E-state index in [0.29, 0.717) is 13.0 Å². The Morgan fingerprint density at radius 2 is 1.59 bits per heavy atom. The van der Waals surface area contributed by atoms with Crippen LogP contribution in [0.15, 0.2) is 12.2 Å². The molecule has 0 aliphatic heterocycles. The van der Waals surface area contributed by atoms with Gasteiger partial charge in [-0.1, -0.05) is 53.7 Å². The number of nitrogens with one attached hydrogen (secondary N) is 1. The smallest absolute Gasteiger partial charge is 0.211 e. The van der Waals surface area contributed by atoms with Gasteiger partial charge >= 0.3 is 0 Å². The van der Waals surface area contributed by atoms with Crippen LogP contribution >= 0.6 is 0 Å². The average Bonchev–Trinajstić information content (AvgIpc) is 2.07. The van der Waals surface area contributed by atoms with E-state index in [2.05, 4.69) is 25.5 Å². The highest BCUT2D eigenvalue weighted by Crippen LogP contribution is 2.15. The minimum atomic E-state index is -3.13. The molecule has 0 spiro atoms. The average molecular weight is 261 g/mol. The first-order chi connectivity index (χ1) is 7.41. The van der Waals surface area contributed by atoms with Crippen LogP contribution in [0, 0.1) is 10.8 Å². The lowest BCUT2D eigenvalue weighted by atomic mass is 9.96.